The van der Waals surface area contributed by atoms with Crippen LogP contribution in [0, 0.1) is 5.82 Å². The zero-order valence-electron chi connectivity index (χ0n) is 16.1. The van der Waals surface area contributed by atoms with E-state index in [9.17, 15) is 14.0 Å². The van der Waals surface area contributed by atoms with E-state index >= 15 is 0 Å². The zero-order valence-corrected chi connectivity index (χ0v) is 16.1. The standard InChI is InChI=1S/C19H25FN6O2/c1-24(2)12-9-21-18(27)17-13-26(23-22-17)14-7-10-25(11-8-14)19(28)15-5-3-4-6-16(15)20/h3-6,13-14H,7-12H2,1-2H3,(H,21,27). The third kappa shape index (κ3) is 4.72. The molecule has 9 heteroatoms. The minimum atomic E-state index is -0.504. The van der Waals surface area contributed by atoms with Crippen molar-refractivity contribution in [3.63, 3.8) is 0 Å². The summed E-state index contributed by atoms with van der Waals surface area (Å²) in [7, 11) is 3.87. The molecule has 0 spiro atoms. The number of likely N-dealkylation sites (N-methyl/N-ethyl adjacent to an activating group) is 1. The first kappa shape index (κ1) is 19.9. The van der Waals surface area contributed by atoms with Gasteiger partial charge < -0.3 is 15.1 Å². The molecule has 1 N–H and O–H groups in total. The predicted octanol–water partition coefficient (Wildman–Crippen LogP) is 1.19. The zero-order chi connectivity index (χ0) is 20.1. The number of carbonyl (C=O) groups is 2. The highest BCUT2D eigenvalue weighted by atomic mass is 19.1. The molecule has 28 heavy (non-hydrogen) atoms. The second-order valence-electron chi connectivity index (χ2n) is 7.15. The number of benzene rings is 1. The van der Waals surface area contributed by atoms with Gasteiger partial charge in [-0.25, -0.2) is 9.07 Å². The Hall–Kier alpha value is -2.81. The van der Waals surface area contributed by atoms with Crippen molar-refractivity contribution in [1.29, 1.82) is 0 Å². The lowest BCUT2D eigenvalue weighted by Crippen LogP contribution is -2.39. The molecule has 1 aliphatic rings. The van der Waals surface area contributed by atoms with Crippen LogP contribution in [0.5, 0.6) is 0 Å². The van der Waals surface area contributed by atoms with Gasteiger partial charge in [0, 0.05) is 26.2 Å². The van der Waals surface area contributed by atoms with E-state index in [2.05, 4.69) is 15.6 Å². The monoisotopic (exact) mass is 388 g/mol. The Bertz CT molecular complexity index is 829. The van der Waals surface area contributed by atoms with Gasteiger partial charge in [-0.2, -0.15) is 0 Å². The van der Waals surface area contributed by atoms with Gasteiger partial charge in [0.1, 0.15) is 5.82 Å². The summed E-state index contributed by atoms with van der Waals surface area (Å²) in [5.41, 5.74) is 0.377. The molecule has 0 atom stereocenters. The van der Waals surface area contributed by atoms with Crippen LogP contribution < -0.4 is 5.32 Å². The molecule has 1 saturated heterocycles. The fourth-order valence-corrected chi connectivity index (χ4v) is 3.18. The third-order valence-corrected chi connectivity index (χ3v) is 4.82. The molecule has 2 aromatic rings. The van der Waals surface area contributed by atoms with Crippen LogP contribution in [-0.4, -0.2) is 76.9 Å². The average Bonchev–Trinajstić information content (AvgIpc) is 3.18. The van der Waals surface area contributed by atoms with Crippen molar-refractivity contribution < 1.29 is 14.0 Å². The molecule has 0 radical (unpaired) electrons. The van der Waals surface area contributed by atoms with Crippen molar-refractivity contribution in [2.45, 2.75) is 18.9 Å². The highest BCUT2D eigenvalue weighted by Crippen LogP contribution is 2.23. The molecule has 1 fully saturated rings. The Morgan fingerprint density at radius 3 is 2.64 bits per heavy atom. The van der Waals surface area contributed by atoms with Crippen LogP contribution in [0.4, 0.5) is 4.39 Å². The highest BCUT2D eigenvalue weighted by molar-refractivity contribution is 5.94. The Morgan fingerprint density at radius 2 is 1.96 bits per heavy atom. The van der Waals surface area contributed by atoms with Gasteiger partial charge in [-0.15, -0.1) is 5.10 Å². The number of nitrogens with zero attached hydrogens (tertiary/aromatic N) is 5. The van der Waals surface area contributed by atoms with Crippen LogP contribution in [0.3, 0.4) is 0 Å². The lowest BCUT2D eigenvalue weighted by molar-refractivity contribution is 0.0684. The van der Waals surface area contributed by atoms with Gasteiger partial charge in [0.15, 0.2) is 5.69 Å². The third-order valence-electron chi connectivity index (χ3n) is 4.82. The minimum absolute atomic E-state index is 0.0560. The van der Waals surface area contributed by atoms with Crippen LogP contribution in [-0.2, 0) is 0 Å². The van der Waals surface area contributed by atoms with E-state index in [1.54, 1.807) is 27.9 Å². The predicted molar refractivity (Wildman–Crippen MR) is 101 cm³/mol. The number of likely N-dealkylation sites (tertiary alicyclic amines) is 1. The minimum Gasteiger partial charge on any atom is -0.349 e. The quantitative estimate of drug-likeness (QED) is 0.804. The number of hydrogen-bond acceptors (Lipinski definition) is 5. The summed E-state index contributed by atoms with van der Waals surface area (Å²) in [4.78, 5) is 28.3. The smallest absolute Gasteiger partial charge is 0.273 e. The van der Waals surface area contributed by atoms with Gasteiger partial charge in [0.25, 0.3) is 11.8 Å². The van der Waals surface area contributed by atoms with E-state index in [4.69, 9.17) is 0 Å². The van der Waals surface area contributed by atoms with Crippen molar-refractivity contribution in [3.05, 3.63) is 47.5 Å². The second kappa shape index (κ2) is 8.92. The van der Waals surface area contributed by atoms with Gasteiger partial charge in [0.05, 0.1) is 17.8 Å². The molecular weight excluding hydrogens is 363 g/mol. The summed E-state index contributed by atoms with van der Waals surface area (Å²) < 4.78 is 15.5. The molecule has 8 nitrogen and oxygen atoms in total. The number of amides is 2. The molecule has 0 bridgehead atoms. The van der Waals surface area contributed by atoms with Crippen LogP contribution in [0.15, 0.2) is 30.5 Å². The number of aromatic nitrogens is 3. The first-order chi connectivity index (χ1) is 13.5. The fourth-order valence-electron chi connectivity index (χ4n) is 3.18. The van der Waals surface area contributed by atoms with E-state index in [0.717, 1.165) is 6.54 Å². The van der Waals surface area contributed by atoms with Gasteiger partial charge in [-0.05, 0) is 39.1 Å². The summed E-state index contributed by atoms with van der Waals surface area (Å²) in [6.45, 7) is 2.29. The SMILES string of the molecule is CN(C)CCNC(=O)c1cn(C2CCN(C(=O)c3ccccc3F)CC2)nn1. The molecule has 2 heterocycles. The Labute approximate surface area is 163 Å². The van der Waals surface area contributed by atoms with E-state index in [0.29, 0.717) is 32.5 Å². The first-order valence-corrected chi connectivity index (χ1v) is 9.34. The number of hydrogen-bond donors (Lipinski definition) is 1. The van der Waals surface area contributed by atoms with E-state index in [1.807, 2.05) is 19.0 Å². The fraction of sp³-hybridized carbons (Fsp3) is 0.474. The largest absolute Gasteiger partial charge is 0.349 e. The van der Waals surface area contributed by atoms with Crippen LogP contribution in [0.2, 0.25) is 0 Å². The Balaban J connectivity index is 1.54. The van der Waals surface area contributed by atoms with Crippen molar-refractivity contribution in [2.24, 2.45) is 0 Å². The van der Waals surface area contributed by atoms with Crippen LogP contribution >= 0.6 is 0 Å². The summed E-state index contributed by atoms with van der Waals surface area (Å²) >= 11 is 0. The van der Waals surface area contributed by atoms with Gasteiger partial charge in [0.2, 0.25) is 0 Å². The maximum Gasteiger partial charge on any atom is 0.273 e. The molecule has 1 aromatic heterocycles. The number of nitrogens with one attached hydrogen (secondary N) is 1. The molecule has 0 unspecified atom stereocenters. The number of rotatable bonds is 6. The van der Waals surface area contributed by atoms with E-state index in [1.165, 1.54) is 12.1 Å². The maximum atomic E-state index is 13.8. The van der Waals surface area contributed by atoms with E-state index in [-0.39, 0.29) is 29.1 Å². The van der Waals surface area contributed by atoms with Gasteiger partial charge in [-0.3, -0.25) is 9.59 Å². The molecular formula is C19H25FN6O2. The number of halogens is 1. The lowest BCUT2D eigenvalue weighted by atomic mass is 10.0. The molecule has 3 rings (SSSR count). The number of carbonyl (C=O) groups excluding carboxylic acids is 2. The number of piperidine rings is 1. The molecule has 0 aliphatic carbocycles. The molecule has 150 valence electrons. The average molecular weight is 388 g/mol. The summed E-state index contributed by atoms with van der Waals surface area (Å²) in [5.74, 6) is -1.05. The normalized spacial score (nSPS) is 15.1. The maximum absolute atomic E-state index is 13.8. The van der Waals surface area contributed by atoms with Crippen molar-refractivity contribution in [1.82, 2.24) is 30.1 Å². The topological polar surface area (TPSA) is 83.4 Å². The Morgan fingerprint density at radius 1 is 1.25 bits per heavy atom. The molecule has 2 amide bonds. The van der Waals surface area contributed by atoms with Crippen LogP contribution in [0.1, 0.15) is 39.7 Å². The molecule has 1 aliphatic heterocycles. The summed E-state index contributed by atoms with van der Waals surface area (Å²) in [6, 6.07) is 6.07. The van der Waals surface area contributed by atoms with E-state index < -0.39 is 5.82 Å². The first-order valence-electron chi connectivity index (χ1n) is 9.34. The summed E-state index contributed by atoms with van der Waals surface area (Å²) in [6.07, 6.45) is 2.99. The van der Waals surface area contributed by atoms with Crippen molar-refractivity contribution in [3.8, 4) is 0 Å². The second-order valence-corrected chi connectivity index (χ2v) is 7.15. The van der Waals surface area contributed by atoms with Gasteiger partial charge >= 0.3 is 0 Å². The van der Waals surface area contributed by atoms with Crippen molar-refractivity contribution in [2.75, 3.05) is 40.3 Å². The highest BCUT2D eigenvalue weighted by Gasteiger charge is 2.27. The van der Waals surface area contributed by atoms with Crippen LogP contribution in [0.25, 0.3) is 0 Å². The van der Waals surface area contributed by atoms with Gasteiger partial charge in [-0.1, -0.05) is 17.3 Å². The summed E-state index contributed by atoms with van der Waals surface area (Å²) in [5, 5.41) is 10.8. The molecule has 1 aromatic carbocycles. The lowest BCUT2D eigenvalue weighted by Gasteiger charge is -2.31. The van der Waals surface area contributed by atoms with Crippen molar-refractivity contribution >= 4 is 11.8 Å². The Kier molecular flexibility index (Phi) is 6.35. The molecule has 0 saturated carbocycles.